The van der Waals surface area contributed by atoms with Crippen molar-refractivity contribution in [2.75, 3.05) is 18.4 Å². The van der Waals surface area contributed by atoms with Crippen molar-refractivity contribution in [2.24, 2.45) is 0 Å². The third-order valence-corrected chi connectivity index (χ3v) is 3.88. The van der Waals surface area contributed by atoms with Gasteiger partial charge in [0.2, 0.25) is 0 Å². The molecular formula is C18H21N3O. The molecule has 1 aliphatic rings. The zero-order valence-corrected chi connectivity index (χ0v) is 13.1. The monoisotopic (exact) mass is 295 g/mol. The van der Waals surface area contributed by atoms with Gasteiger partial charge >= 0.3 is 0 Å². The van der Waals surface area contributed by atoms with Crippen molar-refractivity contribution in [1.29, 1.82) is 0 Å². The molecular weight excluding hydrogens is 274 g/mol. The van der Waals surface area contributed by atoms with Gasteiger partial charge in [-0.3, -0.25) is 9.78 Å². The molecule has 0 spiro atoms. The van der Waals surface area contributed by atoms with Crippen LogP contribution >= 0.6 is 0 Å². The number of aryl methyl sites for hydroxylation is 2. The van der Waals surface area contributed by atoms with Crippen LogP contribution in [0.25, 0.3) is 0 Å². The first-order valence-electron chi connectivity index (χ1n) is 7.72. The summed E-state index contributed by atoms with van der Waals surface area (Å²) in [5, 5.41) is 3.36. The molecule has 2 aromatic rings. The van der Waals surface area contributed by atoms with Crippen LogP contribution in [-0.4, -0.2) is 28.9 Å². The van der Waals surface area contributed by atoms with Gasteiger partial charge in [-0.15, -0.1) is 0 Å². The van der Waals surface area contributed by atoms with Crippen LogP contribution in [-0.2, 0) is 0 Å². The largest absolute Gasteiger partial charge is 0.355 e. The maximum absolute atomic E-state index is 12.4. The minimum Gasteiger partial charge on any atom is -0.355 e. The number of benzene rings is 1. The summed E-state index contributed by atoms with van der Waals surface area (Å²) < 4.78 is 0. The second-order valence-electron chi connectivity index (χ2n) is 5.93. The Labute approximate surface area is 131 Å². The first-order chi connectivity index (χ1) is 10.6. The molecule has 0 atom stereocenters. The summed E-state index contributed by atoms with van der Waals surface area (Å²) in [7, 11) is 0. The average molecular weight is 295 g/mol. The number of nitrogens with one attached hydrogen (secondary N) is 1. The third-order valence-electron chi connectivity index (χ3n) is 3.88. The molecule has 1 aliphatic heterocycles. The SMILES string of the molecule is Cc1cc(C)cc(Nc2ccnc(C(=O)N3CCCC3)c2)c1. The van der Waals surface area contributed by atoms with Crippen LogP contribution in [0.2, 0.25) is 0 Å². The number of nitrogens with zero attached hydrogens (tertiary/aromatic N) is 2. The van der Waals surface area contributed by atoms with Crippen molar-refractivity contribution in [1.82, 2.24) is 9.88 Å². The molecule has 0 bridgehead atoms. The zero-order chi connectivity index (χ0) is 15.5. The van der Waals surface area contributed by atoms with Crippen LogP contribution in [0.4, 0.5) is 11.4 Å². The molecule has 1 fully saturated rings. The van der Waals surface area contributed by atoms with E-state index in [0.717, 1.165) is 37.3 Å². The molecule has 1 aromatic carbocycles. The predicted octanol–water partition coefficient (Wildman–Crippen LogP) is 3.68. The molecule has 0 unspecified atom stereocenters. The first-order valence-corrected chi connectivity index (χ1v) is 7.72. The molecule has 3 rings (SSSR count). The maximum Gasteiger partial charge on any atom is 0.272 e. The molecule has 0 radical (unpaired) electrons. The van der Waals surface area contributed by atoms with Crippen molar-refractivity contribution < 1.29 is 4.79 Å². The van der Waals surface area contributed by atoms with Crippen LogP contribution in [0.3, 0.4) is 0 Å². The van der Waals surface area contributed by atoms with E-state index >= 15 is 0 Å². The van der Waals surface area contributed by atoms with Gasteiger partial charge in [0.25, 0.3) is 5.91 Å². The van der Waals surface area contributed by atoms with Crippen LogP contribution in [0.15, 0.2) is 36.5 Å². The number of aromatic nitrogens is 1. The fraction of sp³-hybridized carbons (Fsp3) is 0.333. The summed E-state index contributed by atoms with van der Waals surface area (Å²) in [4.78, 5) is 18.5. The molecule has 4 heteroatoms. The third kappa shape index (κ3) is 3.27. The molecule has 22 heavy (non-hydrogen) atoms. The Kier molecular flexibility index (Phi) is 4.09. The van der Waals surface area contributed by atoms with Gasteiger partial charge in [0.15, 0.2) is 0 Å². The minimum atomic E-state index is 0.0292. The molecule has 0 aliphatic carbocycles. The van der Waals surface area contributed by atoms with E-state index in [0.29, 0.717) is 5.69 Å². The highest BCUT2D eigenvalue weighted by molar-refractivity contribution is 5.93. The van der Waals surface area contributed by atoms with Crippen LogP contribution < -0.4 is 5.32 Å². The van der Waals surface area contributed by atoms with Crippen molar-refractivity contribution in [2.45, 2.75) is 26.7 Å². The van der Waals surface area contributed by atoms with Crippen molar-refractivity contribution >= 4 is 17.3 Å². The lowest BCUT2D eigenvalue weighted by Gasteiger charge is -2.15. The lowest BCUT2D eigenvalue weighted by Crippen LogP contribution is -2.28. The van der Waals surface area contributed by atoms with Crippen LogP contribution in [0, 0.1) is 13.8 Å². The molecule has 0 saturated carbocycles. The van der Waals surface area contributed by atoms with Gasteiger partial charge < -0.3 is 10.2 Å². The Hall–Kier alpha value is -2.36. The van der Waals surface area contributed by atoms with E-state index in [4.69, 9.17) is 0 Å². The van der Waals surface area contributed by atoms with E-state index in [9.17, 15) is 4.79 Å². The number of hydrogen-bond donors (Lipinski definition) is 1. The van der Waals surface area contributed by atoms with Gasteiger partial charge in [-0.05, 0) is 62.1 Å². The van der Waals surface area contributed by atoms with Gasteiger partial charge in [-0.1, -0.05) is 6.07 Å². The molecule has 1 aromatic heterocycles. The number of anilines is 2. The summed E-state index contributed by atoms with van der Waals surface area (Å²) in [6.45, 7) is 5.84. The highest BCUT2D eigenvalue weighted by Crippen LogP contribution is 2.20. The van der Waals surface area contributed by atoms with Gasteiger partial charge in [0, 0.05) is 30.7 Å². The number of carbonyl (C=O) groups excluding carboxylic acids is 1. The second kappa shape index (κ2) is 6.18. The van der Waals surface area contributed by atoms with Gasteiger partial charge in [-0.25, -0.2) is 0 Å². The van der Waals surface area contributed by atoms with E-state index in [1.54, 1.807) is 6.20 Å². The number of likely N-dealkylation sites (tertiary alicyclic amines) is 1. The Bertz CT molecular complexity index is 670. The summed E-state index contributed by atoms with van der Waals surface area (Å²) >= 11 is 0. The average Bonchev–Trinajstić information content (AvgIpc) is 3.00. The molecule has 2 heterocycles. The lowest BCUT2D eigenvalue weighted by molar-refractivity contribution is 0.0787. The topological polar surface area (TPSA) is 45.2 Å². The first kappa shape index (κ1) is 14.6. The van der Waals surface area contributed by atoms with Crippen molar-refractivity contribution in [3.63, 3.8) is 0 Å². The standard InChI is InChI=1S/C18H21N3O/c1-13-9-14(2)11-16(10-13)20-15-5-6-19-17(12-15)18(22)21-7-3-4-8-21/h5-6,9-12H,3-4,7-8H2,1-2H3,(H,19,20). The van der Waals surface area contributed by atoms with E-state index in [2.05, 4.69) is 42.3 Å². The van der Waals surface area contributed by atoms with Crippen LogP contribution in [0.5, 0.6) is 0 Å². The Morgan fingerprint density at radius 3 is 2.41 bits per heavy atom. The summed E-state index contributed by atoms with van der Waals surface area (Å²) in [6.07, 6.45) is 3.87. The Morgan fingerprint density at radius 1 is 1.05 bits per heavy atom. The summed E-state index contributed by atoms with van der Waals surface area (Å²) in [6, 6.07) is 10.0. The molecule has 4 nitrogen and oxygen atoms in total. The van der Waals surface area contributed by atoms with Gasteiger partial charge in [0.05, 0.1) is 0 Å². The second-order valence-corrected chi connectivity index (χ2v) is 5.93. The smallest absolute Gasteiger partial charge is 0.272 e. The normalized spacial score (nSPS) is 14.2. The highest BCUT2D eigenvalue weighted by atomic mass is 16.2. The van der Waals surface area contributed by atoms with Crippen molar-refractivity contribution in [3.05, 3.63) is 53.3 Å². The predicted molar refractivity (Wildman–Crippen MR) is 88.6 cm³/mol. The zero-order valence-electron chi connectivity index (χ0n) is 13.1. The van der Waals surface area contributed by atoms with E-state index in [1.165, 1.54) is 11.1 Å². The molecule has 1 saturated heterocycles. The Morgan fingerprint density at radius 2 is 1.73 bits per heavy atom. The fourth-order valence-electron chi connectivity index (χ4n) is 2.92. The van der Waals surface area contributed by atoms with E-state index in [-0.39, 0.29) is 5.91 Å². The molecule has 1 amide bonds. The number of hydrogen-bond acceptors (Lipinski definition) is 3. The summed E-state index contributed by atoms with van der Waals surface area (Å²) in [5.41, 5.74) is 4.86. The fourth-order valence-corrected chi connectivity index (χ4v) is 2.92. The molecule has 114 valence electrons. The van der Waals surface area contributed by atoms with E-state index < -0.39 is 0 Å². The number of pyridine rings is 1. The quantitative estimate of drug-likeness (QED) is 0.939. The lowest BCUT2D eigenvalue weighted by atomic mass is 10.1. The molecule has 1 N–H and O–H groups in total. The maximum atomic E-state index is 12.4. The number of rotatable bonds is 3. The van der Waals surface area contributed by atoms with Gasteiger partial charge in [-0.2, -0.15) is 0 Å². The van der Waals surface area contributed by atoms with Crippen molar-refractivity contribution in [3.8, 4) is 0 Å². The Balaban J connectivity index is 1.80. The van der Waals surface area contributed by atoms with E-state index in [1.807, 2.05) is 17.0 Å². The number of carbonyl (C=O) groups is 1. The van der Waals surface area contributed by atoms with Crippen LogP contribution in [0.1, 0.15) is 34.5 Å². The van der Waals surface area contributed by atoms with Gasteiger partial charge in [0.1, 0.15) is 5.69 Å². The minimum absolute atomic E-state index is 0.0292. The number of amides is 1. The highest BCUT2D eigenvalue weighted by Gasteiger charge is 2.20. The summed E-state index contributed by atoms with van der Waals surface area (Å²) in [5.74, 6) is 0.0292.